The molecule has 1 aromatic carbocycles. The maximum atomic E-state index is 12.7. The van der Waals surface area contributed by atoms with Crippen molar-refractivity contribution in [2.75, 3.05) is 5.32 Å². The van der Waals surface area contributed by atoms with Crippen molar-refractivity contribution in [3.05, 3.63) is 41.7 Å². The number of anilines is 2. The molecule has 0 fully saturated rings. The lowest BCUT2D eigenvalue weighted by Crippen LogP contribution is -2.06. The van der Waals surface area contributed by atoms with Gasteiger partial charge in [0.1, 0.15) is 0 Å². The van der Waals surface area contributed by atoms with Crippen LogP contribution in [0.3, 0.4) is 0 Å². The first-order chi connectivity index (χ1) is 9.40. The first-order valence-corrected chi connectivity index (χ1v) is 6.38. The van der Waals surface area contributed by atoms with Crippen molar-refractivity contribution < 1.29 is 13.2 Å². The lowest BCUT2D eigenvalue weighted by Gasteiger charge is -2.11. The van der Waals surface area contributed by atoms with Crippen molar-refractivity contribution in [3.63, 3.8) is 0 Å². The Labute approximate surface area is 115 Å². The molecule has 0 unspecified atom stereocenters. The quantitative estimate of drug-likeness (QED) is 0.903. The molecule has 0 bridgehead atoms. The molecule has 6 heteroatoms. The van der Waals surface area contributed by atoms with Crippen molar-refractivity contribution in [1.82, 2.24) is 9.55 Å². The summed E-state index contributed by atoms with van der Waals surface area (Å²) in [4.78, 5) is 4.29. The Morgan fingerprint density at radius 1 is 1.30 bits per heavy atom. The van der Waals surface area contributed by atoms with E-state index in [1.54, 1.807) is 6.07 Å². The van der Waals surface area contributed by atoms with E-state index < -0.39 is 11.7 Å². The van der Waals surface area contributed by atoms with Crippen LogP contribution in [0.25, 0.3) is 0 Å². The minimum Gasteiger partial charge on any atom is -0.326 e. The summed E-state index contributed by atoms with van der Waals surface area (Å²) in [6.07, 6.45) is -1.54. The number of halogens is 3. The lowest BCUT2D eigenvalue weighted by molar-refractivity contribution is -0.137. The number of aryl methyl sites for hydroxylation is 2. The SMILES string of the molecule is CCCn1cc(C)nc1Nc1cccc(C(F)(F)F)c1. The van der Waals surface area contributed by atoms with E-state index in [1.807, 2.05) is 24.6 Å². The summed E-state index contributed by atoms with van der Waals surface area (Å²) in [6.45, 7) is 4.65. The van der Waals surface area contributed by atoms with E-state index in [1.165, 1.54) is 6.07 Å². The van der Waals surface area contributed by atoms with Crippen LogP contribution in [-0.4, -0.2) is 9.55 Å². The van der Waals surface area contributed by atoms with Crippen molar-refractivity contribution in [2.24, 2.45) is 0 Å². The van der Waals surface area contributed by atoms with E-state index in [-0.39, 0.29) is 0 Å². The van der Waals surface area contributed by atoms with E-state index in [0.717, 1.165) is 30.8 Å². The number of imidazole rings is 1. The fourth-order valence-corrected chi connectivity index (χ4v) is 1.96. The van der Waals surface area contributed by atoms with Crippen molar-refractivity contribution in [1.29, 1.82) is 0 Å². The van der Waals surface area contributed by atoms with Crippen molar-refractivity contribution in [2.45, 2.75) is 33.0 Å². The van der Waals surface area contributed by atoms with Gasteiger partial charge in [0.05, 0.1) is 11.3 Å². The van der Waals surface area contributed by atoms with Gasteiger partial charge in [-0.25, -0.2) is 4.98 Å². The summed E-state index contributed by atoms with van der Waals surface area (Å²) in [5.41, 5.74) is 0.531. The highest BCUT2D eigenvalue weighted by molar-refractivity contribution is 5.55. The van der Waals surface area contributed by atoms with E-state index in [0.29, 0.717) is 11.6 Å². The molecule has 0 saturated heterocycles. The molecule has 0 aliphatic heterocycles. The van der Waals surface area contributed by atoms with Gasteiger partial charge in [0.2, 0.25) is 5.95 Å². The minimum atomic E-state index is -4.34. The van der Waals surface area contributed by atoms with Crippen LogP contribution in [0.4, 0.5) is 24.8 Å². The first kappa shape index (κ1) is 14.4. The molecular formula is C14H16F3N3. The van der Waals surface area contributed by atoms with Crippen molar-refractivity contribution in [3.8, 4) is 0 Å². The largest absolute Gasteiger partial charge is 0.416 e. The van der Waals surface area contributed by atoms with Gasteiger partial charge < -0.3 is 9.88 Å². The molecule has 0 saturated carbocycles. The topological polar surface area (TPSA) is 29.9 Å². The Morgan fingerprint density at radius 2 is 2.05 bits per heavy atom. The van der Waals surface area contributed by atoms with Gasteiger partial charge in [0.15, 0.2) is 0 Å². The maximum absolute atomic E-state index is 12.7. The summed E-state index contributed by atoms with van der Waals surface area (Å²) in [6, 6.07) is 5.11. The highest BCUT2D eigenvalue weighted by Crippen LogP contribution is 2.31. The number of aromatic nitrogens is 2. The Bertz CT molecular complexity index is 588. The molecule has 1 N–H and O–H groups in total. The molecule has 0 amide bonds. The molecule has 0 aliphatic rings. The number of benzene rings is 1. The monoisotopic (exact) mass is 283 g/mol. The van der Waals surface area contributed by atoms with E-state index in [9.17, 15) is 13.2 Å². The third-order valence-corrected chi connectivity index (χ3v) is 2.81. The number of hydrogen-bond donors (Lipinski definition) is 1. The molecule has 20 heavy (non-hydrogen) atoms. The average Bonchev–Trinajstić information content (AvgIpc) is 2.69. The van der Waals surface area contributed by atoms with Gasteiger partial charge >= 0.3 is 6.18 Å². The maximum Gasteiger partial charge on any atom is 0.416 e. The smallest absolute Gasteiger partial charge is 0.326 e. The van der Waals surface area contributed by atoms with Crippen LogP contribution < -0.4 is 5.32 Å². The molecular weight excluding hydrogens is 267 g/mol. The molecule has 3 nitrogen and oxygen atoms in total. The zero-order valence-corrected chi connectivity index (χ0v) is 11.3. The van der Waals surface area contributed by atoms with Gasteiger partial charge in [0.25, 0.3) is 0 Å². The van der Waals surface area contributed by atoms with Crippen LogP contribution in [0.15, 0.2) is 30.5 Å². The summed E-state index contributed by atoms with van der Waals surface area (Å²) in [7, 11) is 0. The number of hydrogen-bond acceptors (Lipinski definition) is 2. The van der Waals surface area contributed by atoms with Crippen LogP contribution in [0, 0.1) is 6.92 Å². The normalized spacial score (nSPS) is 11.7. The second kappa shape index (κ2) is 5.56. The highest BCUT2D eigenvalue weighted by atomic mass is 19.4. The van der Waals surface area contributed by atoms with Gasteiger partial charge in [-0.05, 0) is 31.5 Å². The Morgan fingerprint density at radius 3 is 2.70 bits per heavy atom. The zero-order chi connectivity index (χ0) is 14.8. The number of nitrogens with one attached hydrogen (secondary N) is 1. The fourth-order valence-electron chi connectivity index (χ4n) is 1.96. The Kier molecular flexibility index (Phi) is 4.01. The summed E-state index contributed by atoms with van der Waals surface area (Å²) >= 11 is 0. The average molecular weight is 283 g/mol. The van der Waals surface area contributed by atoms with Crippen LogP contribution in [0.2, 0.25) is 0 Å². The van der Waals surface area contributed by atoms with E-state index >= 15 is 0 Å². The first-order valence-electron chi connectivity index (χ1n) is 6.38. The number of nitrogens with zero attached hydrogens (tertiary/aromatic N) is 2. The molecule has 2 aromatic rings. The third kappa shape index (κ3) is 3.31. The summed E-state index contributed by atoms with van der Waals surface area (Å²) in [5, 5.41) is 2.94. The molecule has 0 spiro atoms. The van der Waals surface area contributed by atoms with Gasteiger partial charge in [-0.1, -0.05) is 13.0 Å². The van der Waals surface area contributed by atoms with E-state index in [4.69, 9.17) is 0 Å². The Hall–Kier alpha value is -1.98. The van der Waals surface area contributed by atoms with Crippen LogP contribution in [-0.2, 0) is 12.7 Å². The van der Waals surface area contributed by atoms with Gasteiger partial charge in [-0.3, -0.25) is 0 Å². The van der Waals surface area contributed by atoms with Crippen LogP contribution in [0.1, 0.15) is 24.6 Å². The second-order valence-electron chi connectivity index (χ2n) is 4.60. The second-order valence-corrected chi connectivity index (χ2v) is 4.60. The van der Waals surface area contributed by atoms with Gasteiger partial charge in [-0.15, -0.1) is 0 Å². The number of alkyl halides is 3. The fraction of sp³-hybridized carbons (Fsp3) is 0.357. The predicted molar refractivity (Wildman–Crippen MR) is 72.0 cm³/mol. The van der Waals surface area contributed by atoms with Crippen LogP contribution >= 0.6 is 0 Å². The molecule has 1 aromatic heterocycles. The van der Waals surface area contributed by atoms with Crippen molar-refractivity contribution >= 4 is 11.6 Å². The number of rotatable bonds is 4. The predicted octanol–water partition coefficient (Wildman–Crippen LogP) is 4.36. The Balaban J connectivity index is 2.26. The minimum absolute atomic E-state index is 0.378. The molecule has 0 radical (unpaired) electrons. The van der Waals surface area contributed by atoms with E-state index in [2.05, 4.69) is 10.3 Å². The summed E-state index contributed by atoms with van der Waals surface area (Å²) < 4.78 is 39.9. The highest BCUT2D eigenvalue weighted by Gasteiger charge is 2.30. The summed E-state index contributed by atoms with van der Waals surface area (Å²) in [5.74, 6) is 0.559. The van der Waals surface area contributed by atoms with Gasteiger partial charge in [0, 0.05) is 18.4 Å². The molecule has 2 rings (SSSR count). The molecule has 0 aliphatic carbocycles. The van der Waals surface area contributed by atoms with Crippen LogP contribution in [0.5, 0.6) is 0 Å². The zero-order valence-electron chi connectivity index (χ0n) is 11.3. The molecule has 108 valence electrons. The standard InChI is InChI=1S/C14H16F3N3/c1-3-7-20-9-10(2)18-13(20)19-12-6-4-5-11(8-12)14(15,16)17/h4-6,8-9H,3,7H2,1-2H3,(H,18,19). The third-order valence-electron chi connectivity index (χ3n) is 2.81. The lowest BCUT2D eigenvalue weighted by atomic mass is 10.2. The molecule has 0 atom stereocenters. The molecule has 1 heterocycles. The van der Waals surface area contributed by atoms with Gasteiger partial charge in [-0.2, -0.15) is 13.2 Å².